The van der Waals surface area contributed by atoms with E-state index in [2.05, 4.69) is 38.6 Å². The summed E-state index contributed by atoms with van der Waals surface area (Å²) in [6.07, 6.45) is 9.58. The fourth-order valence-electron chi connectivity index (χ4n) is 3.16. The molecule has 0 bridgehead atoms. The van der Waals surface area contributed by atoms with Crippen LogP contribution in [0.25, 0.3) is 0 Å². The molecule has 120 valence electrons. The van der Waals surface area contributed by atoms with Crippen LogP contribution in [-0.4, -0.2) is 39.5 Å². The van der Waals surface area contributed by atoms with Gasteiger partial charge in [-0.05, 0) is 33.2 Å². The summed E-state index contributed by atoms with van der Waals surface area (Å²) in [7, 11) is 0. The molecule has 3 heterocycles. The third kappa shape index (κ3) is 3.33. The zero-order valence-electron chi connectivity index (χ0n) is 13.5. The Hall–Kier alpha value is -1.40. The second-order valence-corrected chi connectivity index (χ2v) is 6.83. The zero-order chi connectivity index (χ0) is 15.4. The van der Waals surface area contributed by atoms with Crippen molar-refractivity contribution >= 4 is 16.5 Å². The van der Waals surface area contributed by atoms with Gasteiger partial charge in [0.15, 0.2) is 5.13 Å². The molecule has 0 aromatic carbocycles. The SMILES string of the molecule is CCN(CC)c1ncc(CN2CCCCC2c2ncc[nH]2)s1. The van der Waals surface area contributed by atoms with Crippen molar-refractivity contribution in [1.82, 2.24) is 19.9 Å². The number of hydrogen-bond donors (Lipinski definition) is 1. The van der Waals surface area contributed by atoms with Crippen LogP contribution in [0.15, 0.2) is 18.6 Å². The lowest BCUT2D eigenvalue weighted by atomic mass is 10.0. The first kappa shape index (κ1) is 15.5. The van der Waals surface area contributed by atoms with Crippen LogP contribution in [0.4, 0.5) is 5.13 Å². The van der Waals surface area contributed by atoms with Gasteiger partial charge in [-0.25, -0.2) is 9.97 Å². The average molecular weight is 319 g/mol. The molecule has 2 aromatic rings. The van der Waals surface area contributed by atoms with E-state index in [1.165, 1.54) is 24.1 Å². The molecule has 1 atom stereocenters. The molecule has 3 rings (SSSR count). The second-order valence-electron chi connectivity index (χ2n) is 5.74. The Labute approximate surface area is 136 Å². The Morgan fingerprint density at radius 3 is 2.91 bits per heavy atom. The van der Waals surface area contributed by atoms with Gasteiger partial charge in [0.2, 0.25) is 0 Å². The van der Waals surface area contributed by atoms with Crippen LogP contribution < -0.4 is 4.90 Å². The summed E-state index contributed by atoms with van der Waals surface area (Å²) >= 11 is 1.83. The predicted molar refractivity (Wildman–Crippen MR) is 91.3 cm³/mol. The van der Waals surface area contributed by atoms with Crippen molar-refractivity contribution in [1.29, 1.82) is 0 Å². The first-order valence-corrected chi connectivity index (χ1v) is 9.06. The van der Waals surface area contributed by atoms with Crippen molar-refractivity contribution in [2.75, 3.05) is 24.5 Å². The Balaban J connectivity index is 1.71. The van der Waals surface area contributed by atoms with E-state index in [4.69, 9.17) is 0 Å². The van der Waals surface area contributed by atoms with Crippen LogP contribution in [0.2, 0.25) is 0 Å². The third-order valence-corrected chi connectivity index (χ3v) is 5.43. The monoisotopic (exact) mass is 319 g/mol. The number of anilines is 1. The molecule has 0 radical (unpaired) electrons. The number of imidazole rings is 1. The fraction of sp³-hybridized carbons (Fsp3) is 0.625. The first-order chi connectivity index (χ1) is 10.8. The normalized spacial score (nSPS) is 19.5. The largest absolute Gasteiger partial charge is 0.349 e. The Bertz CT molecular complexity index is 561. The summed E-state index contributed by atoms with van der Waals surface area (Å²) in [4.78, 5) is 18.6. The van der Waals surface area contributed by atoms with Crippen molar-refractivity contribution < 1.29 is 0 Å². The molecular weight excluding hydrogens is 294 g/mol. The summed E-state index contributed by atoms with van der Waals surface area (Å²) in [5.74, 6) is 1.10. The lowest BCUT2D eigenvalue weighted by Gasteiger charge is -2.34. The second kappa shape index (κ2) is 7.24. The number of aromatic nitrogens is 3. The van der Waals surface area contributed by atoms with Crippen molar-refractivity contribution in [3.8, 4) is 0 Å². The van der Waals surface area contributed by atoms with Crippen LogP contribution in [-0.2, 0) is 6.54 Å². The summed E-state index contributed by atoms with van der Waals surface area (Å²) in [5, 5.41) is 1.14. The number of piperidine rings is 1. The quantitative estimate of drug-likeness (QED) is 0.886. The summed E-state index contributed by atoms with van der Waals surface area (Å²) in [6.45, 7) is 8.52. The predicted octanol–water partition coefficient (Wildman–Crippen LogP) is 3.44. The van der Waals surface area contributed by atoms with Crippen molar-refractivity contribution in [2.24, 2.45) is 0 Å². The van der Waals surface area contributed by atoms with Crippen molar-refractivity contribution in [3.63, 3.8) is 0 Å². The molecule has 0 amide bonds. The highest BCUT2D eigenvalue weighted by Gasteiger charge is 2.26. The maximum Gasteiger partial charge on any atom is 0.185 e. The van der Waals surface area contributed by atoms with E-state index in [1.807, 2.05) is 29.9 Å². The summed E-state index contributed by atoms with van der Waals surface area (Å²) < 4.78 is 0. The first-order valence-electron chi connectivity index (χ1n) is 8.24. The minimum Gasteiger partial charge on any atom is -0.349 e. The van der Waals surface area contributed by atoms with E-state index >= 15 is 0 Å². The average Bonchev–Trinajstić information content (AvgIpc) is 3.21. The number of rotatable bonds is 6. The topological polar surface area (TPSA) is 48.1 Å². The maximum atomic E-state index is 4.61. The van der Waals surface area contributed by atoms with Crippen LogP contribution in [0.1, 0.15) is 49.9 Å². The summed E-state index contributed by atoms with van der Waals surface area (Å²) in [6, 6.07) is 0.419. The van der Waals surface area contributed by atoms with Gasteiger partial charge >= 0.3 is 0 Å². The van der Waals surface area contributed by atoms with Gasteiger partial charge in [-0.2, -0.15) is 0 Å². The smallest absolute Gasteiger partial charge is 0.185 e. The number of nitrogens with one attached hydrogen (secondary N) is 1. The highest BCUT2D eigenvalue weighted by molar-refractivity contribution is 7.15. The number of hydrogen-bond acceptors (Lipinski definition) is 5. The minimum absolute atomic E-state index is 0.419. The molecule has 6 heteroatoms. The van der Waals surface area contributed by atoms with Gasteiger partial charge in [0.25, 0.3) is 0 Å². The van der Waals surface area contributed by atoms with Gasteiger partial charge in [-0.15, -0.1) is 11.3 Å². The number of H-pyrrole nitrogens is 1. The molecule has 22 heavy (non-hydrogen) atoms. The molecule has 0 saturated carbocycles. The lowest BCUT2D eigenvalue weighted by Crippen LogP contribution is -2.33. The van der Waals surface area contributed by atoms with Gasteiger partial charge in [-0.1, -0.05) is 6.42 Å². The van der Waals surface area contributed by atoms with Gasteiger partial charge in [0.1, 0.15) is 5.82 Å². The van der Waals surface area contributed by atoms with Crippen molar-refractivity contribution in [2.45, 2.75) is 45.7 Å². The molecule has 1 unspecified atom stereocenters. The van der Waals surface area contributed by atoms with E-state index in [-0.39, 0.29) is 0 Å². The number of thiazole rings is 1. The van der Waals surface area contributed by atoms with Gasteiger partial charge < -0.3 is 9.88 Å². The number of aromatic amines is 1. The fourth-order valence-corrected chi connectivity index (χ4v) is 4.22. The maximum absolute atomic E-state index is 4.61. The number of nitrogens with zero attached hydrogens (tertiary/aromatic N) is 4. The molecule has 0 spiro atoms. The molecule has 1 saturated heterocycles. The molecule has 5 nitrogen and oxygen atoms in total. The molecule has 1 fully saturated rings. The van der Waals surface area contributed by atoms with Crippen LogP contribution in [0.5, 0.6) is 0 Å². The van der Waals surface area contributed by atoms with Gasteiger partial charge in [0, 0.05) is 43.1 Å². The van der Waals surface area contributed by atoms with Gasteiger partial charge in [0.05, 0.1) is 6.04 Å². The van der Waals surface area contributed by atoms with E-state index in [9.17, 15) is 0 Å². The van der Waals surface area contributed by atoms with E-state index in [0.29, 0.717) is 6.04 Å². The highest BCUT2D eigenvalue weighted by atomic mass is 32.1. The van der Waals surface area contributed by atoms with E-state index < -0.39 is 0 Å². The molecule has 1 aliphatic heterocycles. The Morgan fingerprint density at radius 1 is 1.32 bits per heavy atom. The number of likely N-dealkylation sites (tertiary alicyclic amines) is 1. The lowest BCUT2D eigenvalue weighted by molar-refractivity contribution is 0.135. The molecule has 2 aromatic heterocycles. The Morgan fingerprint density at radius 2 is 2.18 bits per heavy atom. The minimum atomic E-state index is 0.419. The van der Waals surface area contributed by atoms with Crippen LogP contribution in [0, 0.1) is 0 Å². The van der Waals surface area contributed by atoms with E-state index in [1.54, 1.807) is 0 Å². The Kier molecular flexibility index (Phi) is 5.10. The standard InChI is InChI=1S/C16H25N5S/c1-3-20(4-2)16-19-11-13(22-16)12-21-10-6-5-7-14(21)15-17-8-9-18-15/h8-9,11,14H,3-7,10,12H2,1-2H3,(H,17,18). The van der Waals surface area contributed by atoms with Crippen LogP contribution >= 0.6 is 11.3 Å². The molecular formula is C16H25N5S. The zero-order valence-corrected chi connectivity index (χ0v) is 14.3. The molecule has 0 aliphatic carbocycles. The molecule has 1 N–H and O–H groups in total. The summed E-state index contributed by atoms with van der Waals surface area (Å²) in [5.41, 5.74) is 0. The molecule has 1 aliphatic rings. The van der Waals surface area contributed by atoms with E-state index in [0.717, 1.165) is 37.1 Å². The van der Waals surface area contributed by atoms with Gasteiger partial charge in [-0.3, -0.25) is 4.90 Å². The van der Waals surface area contributed by atoms with Crippen LogP contribution in [0.3, 0.4) is 0 Å². The third-order valence-electron chi connectivity index (χ3n) is 4.38. The highest BCUT2D eigenvalue weighted by Crippen LogP contribution is 2.32. The van der Waals surface area contributed by atoms with Crippen molar-refractivity contribution in [3.05, 3.63) is 29.3 Å².